The van der Waals surface area contributed by atoms with Crippen LogP contribution in [0.25, 0.3) is 28.2 Å². The van der Waals surface area contributed by atoms with Crippen LogP contribution in [-0.2, 0) is 0 Å². The summed E-state index contributed by atoms with van der Waals surface area (Å²) in [5.74, 6) is -2.09. The fourth-order valence-electron chi connectivity index (χ4n) is 5.76. The summed E-state index contributed by atoms with van der Waals surface area (Å²) in [4.78, 5) is 42.3. The Morgan fingerprint density at radius 2 is 1.43 bits per heavy atom. The molecule has 8 rings (SSSR count). The molecule has 1 N–H and O–H groups in total. The van der Waals surface area contributed by atoms with Crippen LogP contribution in [-0.4, -0.2) is 31.4 Å². The van der Waals surface area contributed by atoms with Crippen molar-refractivity contribution < 1.29 is 19.5 Å². The molecule has 2 aliphatic rings. The van der Waals surface area contributed by atoms with E-state index in [4.69, 9.17) is 0 Å². The van der Waals surface area contributed by atoms with E-state index in [2.05, 4.69) is 62.2 Å². The van der Waals surface area contributed by atoms with Crippen molar-refractivity contribution in [1.29, 1.82) is 0 Å². The van der Waals surface area contributed by atoms with Crippen molar-refractivity contribution >= 4 is 75.2 Å². The van der Waals surface area contributed by atoms with Crippen LogP contribution in [0.5, 0.6) is 0 Å². The number of aromatic nitrogens is 2. The first-order chi connectivity index (χ1) is 21.5. The van der Waals surface area contributed by atoms with E-state index in [1.54, 1.807) is 11.8 Å². The number of carboxylic acids is 1. The summed E-state index contributed by atoms with van der Waals surface area (Å²) in [6, 6.07) is 32.8. The van der Waals surface area contributed by atoms with Crippen molar-refractivity contribution in [3.05, 3.63) is 131 Å². The van der Waals surface area contributed by atoms with Crippen LogP contribution >= 0.6 is 23.5 Å². The molecule has 0 atom stereocenters. The van der Waals surface area contributed by atoms with Crippen molar-refractivity contribution in [1.82, 2.24) is 8.75 Å². The van der Waals surface area contributed by atoms with Crippen LogP contribution in [0.2, 0.25) is 0 Å². The lowest BCUT2D eigenvalue weighted by Crippen LogP contribution is -2.14. The minimum Gasteiger partial charge on any atom is -0.478 e. The number of hydrogen-bond donors (Lipinski definition) is 1. The summed E-state index contributed by atoms with van der Waals surface area (Å²) in [6.07, 6.45) is 1.54. The minimum atomic E-state index is -1.16. The molecule has 0 bridgehead atoms. The van der Waals surface area contributed by atoms with E-state index >= 15 is 0 Å². The van der Waals surface area contributed by atoms with Crippen molar-refractivity contribution in [3.63, 3.8) is 0 Å². The number of nitrogens with zero attached hydrogens (tertiary/aromatic N) is 3. The van der Waals surface area contributed by atoms with Gasteiger partial charge in [-0.2, -0.15) is 8.75 Å². The smallest absolute Gasteiger partial charge is 0.335 e. The van der Waals surface area contributed by atoms with Crippen LogP contribution < -0.4 is 4.90 Å². The zero-order chi connectivity index (χ0) is 29.9. The van der Waals surface area contributed by atoms with Gasteiger partial charge in [-0.05, 0) is 66.2 Å². The van der Waals surface area contributed by atoms with Crippen molar-refractivity contribution in [2.75, 3.05) is 4.90 Å². The maximum Gasteiger partial charge on any atom is 0.335 e. The number of Topliss-reactive ketones (excluding diaryl/α,β-unsaturated/α-hetero) is 2. The molecule has 0 saturated heterocycles. The van der Waals surface area contributed by atoms with Gasteiger partial charge in [0.15, 0.2) is 11.6 Å². The predicted molar refractivity (Wildman–Crippen MR) is 172 cm³/mol. The predicted octanol–water partition coefficient (Wildman–Crippen LogP) is 8.45. The molecule has 7 nitrogen and oxygen atoms in total. The molecule has 0 fully saturated rings. The molecule has 0 spiro atoms. The Kier molecular flexibility index (Phi) is 6.04. The lowest BCUT2D eigenvalue weighted by Gasteiger charge is -2.33. The third-order valence-corrected chi connectivity index (χ3v) is 9.48. The molecule has 0 unspecified atom stereocenters. The van der Waals surface area contributed by atoms with Crippen LogP contribution in [0, 0.1) is 0 Å². The van der Waals surface area contributed by atoms with E-state index in [0.29, 0.717) is 16.6 Å². The van der Waals surface area contributed by atoms with E-state index in [0.717, 1.165) is 49.7 Å². The first-order valence-electron chi connectivity index (χ1n) is 13.7. The van der Waals surface area contributed by atoms with Gasteiger partial charge in [0, 0.05) is 37.7 Å². The number of aromatic carboxylic acids is 1. The maximum atomic E-state index is 13.2. The number of para-hydroxylation sites is 2. The van der Waals surface area contributed by atoms with Gasteiger partial charge in [0.1, 0.15) is 11.0 Å². The number of carboxylic acid groups (broad SMARTS) is 1. The molecule has 1 aliphatic carbocycles. The van der Waals surface area contributed by atoms with E-state index < -0.39 is 17.5 Å². The van der Waals surface area contributed by atoms with Gasteiger partial charge in [0.2, 0.25) is 0 Å². The minimum absolute atomic E-state index is 0.0190. The van der Waals surface area contributed by atoms with Gasteiger partial charge in [0.25, 0.3) is 0 Å². The molecule has 0 amide bonds. The standard InChI is InChI=1S/C35H19N3O4S2/c39-33-24-14-11-21(35(41)42)17-25(24)34(40)26(33)16-20-10-13-23(32-31(20)36-44-37-32)19-12-15-28-30(18-19)43-29-9-5-4-8-27(29)38(28)22-6-2-1-3-7-22/h1-18H,(H,41,42)/b26-16-. The number of carbonyl (C=O) groups excluding carboxylic acids is 2. The molecule has 6 aromatic rings. The summed E-state index contributed by atoms with van der Waals surface area (Å²) < 4.78 is 9.12. The Morgan fingerprint density at radius 3 is 2.27 bits per heavy atom. The normalized spacial score (nSPS) is 14.5. The molecule has 210 valence electrons. The van der Waals surface area contributed by atoms with Crippen molar-refractivity contribution in [2.45, 2.75) is 9.79 Å². The first kappa shape index (κ1) is 26.3. The fourth-order valence-corrected chi connectivity index (χ4v) is 7.44. The first-order valence-corrected chi connectivity index (χ1v) is 15.2. The van der Waals surface area contributed by atoms with Crippen LogP contribution in [0.1, 0.15) is 36.6 Å². The molecule has 44 heavy (non-hydrogen) atoms. The summed E-state index contributed by atoms with van der Waals surface area (Å²) in [6.45, 7) is 0. The SMILES string of the molecule is O=C(O)c1ccc2c(c1)C(=O)/C(=C\c1ccc(-c3ccc4c(c3)Sc3ccccc3N4c3ccccc3)c3nsnc13)C2=O. The Bertz CT molecular complexity index is 2240. The fraction of sp³-hybridized carbons (Fsp3) is 0. The maximum absolute atomic E-state index is 13.2. The number of allylic oxidation sites excluding steroid dienone is 1. The molecule has 9 heteroatoms. The molecule has 1 aromatic heterocycles. The highest BCUT2D eigenvalue weighted by atomic mass is 32.2. The molecular formula is C35H19N3O4S2. The van der Waals surface area contributed by atoms with E-state index in [1.807, 2.05) is 36.4 Å². The number of anilines is 3. The number of fused-ring (bicyclic) bond motifs is 4. The Morgan fingerprint density at radius 1 is 0.705 bits per heavy atom. The highest BCUT2D eigenvalue weighted by Crippen LogP contribution is 2.52. The lowest BCUT2D eigenvalue weighted by atomic mass is 9.99. The second kappa shape index (κ2) is 10.1. The Balaban J connectivity index is 1.20. The molecule has 0 saturated carbocycles. The average Bonchev–Trinajstić information content (AvgIpc) is 3.64. The van der Waals surface area contributed by atoms with E-state index in [1.165, 1.54) is 24.3 Å². The van der Waals surface area contributed by atoms with Gasteiger partial charge in [-0.3, -0.25) is 9.59 Å². The van der Waals surface area contributed by atoms with Gasteiger partial charge in [-0.25, -0.2) is 4.79 Å². The third-order valence-electron chi connectivity index (χ3n) is 7.84. The summed E-state index contributed by atoms with van der Waals surface area (Å²) in [7, 11) is 0. The van der Waals surface area contributed by atoms with E-state index in [-0.39, 0.29) is 22.3 Å². The van der Waals surface area contributed by atoms with Gasteiger partial charge < -0.3 is 10.0 Å². The number of hydrogen-bond acceptors (Lipinski definition) is 8. The summed E-state index contributed by atoms with van der Waals surface area (Å²) in [5.41, 5.74) is 7.26. The van der Waals surface area contributed by atoms with Gasteiger partial charge in [-0.1, -0.05) is 60.3 Å². The number of carbonyl (C=O) groups is 3. The lowest BCUT2D eigenvalue weighted by molar-refractivity contribution is 0.0696. The van der Waals surface area contributed by atoms with Gasteiger partial charge >= 0.3 is 5.97 Å². The highest BCUT2D eigenvalue weighted by molar-refractivity contribution is 7.99. The largest absolute Gasteiger partial charge is 0.478 e. The number of rotatable bonds is 4. The van der Waals surface area contributed by atoms with Gasteiger partial charge in [-0.15, -0.1) is 0 Å². The van der Waals surface area contributed by atoms with Gasteiger partial charge in [0.05, 0.1) is 34.2 Å². The van der Waals surface area contributed by atoms with Crippen molar-refractivity contribution in [3.8, 4) is 11.1 Å². The summed E-state index contributed by atoms with van der Waals surface area (Å²) in [5, 5.41) is 9.33. The molecule has 0 radical (unpaired) electrons. The van der Waals surface area contributed by atoms with Crippen molar-refractivity contribution in [2.24, 2.45) is 0 Å². The number of benzene rings is 5. The summed E-state index contributed by atoms with van der Waals surface area (Å²) >= 11 is 2.79. The van der Waals surface area contributed by atoms with Crippen LogP contribution in [0.15, 0.2) is 118 Å². The number of ketones is 2. The second-order valence-corrected chi connectivity index (χ2v) is 12.0. The Labute approximate surface area is 259 Å². The Hall–Kier alpha value is -5.38. The quantitative estimate of drug-likeness (QED) is 0.157. The highest BCUT2D eigenvalue weighted by Gasteiger charge is 2.34. The monoisotopic (exact) mass is 609 g/mol. The average molecular weight is 610 g/mol. The van der Waals surface area contributed by atoms with Crippen LogP contribution in [0.3, 0.4) is 0 Å². The van der Waals surface area contributed by atoms with Crippen LogP contribution in [0.4, 0.5) is 17.1 Å². The molecule has 1 aliphatic heterocycles. The topological polar surface area (TPSA) is 100 Å². The zero-order valence-electron chi connectivity index (χ0n) is 22.7. The molecule has 2 heterocycles. The molecular weight excluding hydrogens is 591 g/mol. The molecule has 5 aromatic carbocycles. The zero-order valence-corrected chi connectivity index (χ0v) is 24.4. The van der Waals surface area contributed by atoms with E-state index in [9.17, 15) is 19.5 Å². The third kappa shape index (κ3) is 4.09. The second-order valence-electron chi connectivity index (χ2n) is 10.4.